The minimum Gasteiger partial charge on any atom is -0.481 e. The molecule has 7 nitrogen and oxygen atoms in total. The van der Waals surface area contributed by atoms with E-state index in [4.69, 9.17) is 5.11 Å². The second-order valence-corrected chi connectivity index (χ2v) is 4.76. The molecule has 104 valence electrons. The third kappa shape index (κ3) is 3.24. The molecule has 1 fully saturated rings. The molecule has 0 saturated heterocycles. The Labute approximate surface area is 111 Å². The first-order valence-corrected chi connectivity index (χ1v) is 6.32. The Balaban J connectivity index is 1.81. The fraction of sp³-hybridized carbons (Fsp3) is 0.583. The highest BCUT2D eigenvalue weighted by Crippen LogP contribution is 2.25. The van der Waals surface area contributed by atoms with Crippen LogP contribution in [0.2, 0.25) is 0 Å². The second kappa shape index (κ2) is 5.73. The van der Waals surface area contributed by atoms with Gasteiger partial charge < -0.3 is 15.7 Å². The molecule has 1 aromatic heterocycles. The summed E-state index contributed by atoms with van der Waals surface area (Å²) < 4.78 is 1.68. The molecule has 2 rings (SSSR count). The number of aliphatic carboxylic acids is 1. The number of hydrogen-bond donors (Lipinski definition) is 3. The van der Waals surface area contributed by atoms with Crippen LogP contribution in [0, 0.1) is 5.92 Å². The molecule has 0 aromatic carbocycles. The van der Waals surface area contributed by atoms with Gasteiger partial charge in [0.1, 0.15) is 0 Å². The van der Waals surface area contributed by atoms with Gasteiger partial charge in [-0.15, -0.1) is 0 Å². The number of hydrogen-bond acceptors (Lipinski definition) is 3. The third-order valence-corrected chi connectivity index (χ3v) is 3.50. The number of carboxylic acid groups (broad SMARTS) is 1. The Bertz CT molecular complexity index is 471. The van der Waals surface area contributed by atoms with Gasteiger partial charge in [-0.25, -0.2) is 4.79 Å². The smallest absolute Gasteiger partial charge is 0.315 e. The number of urea groups is 1. The van der Waals surface area contributed by atoms with Crippen molar-refractivity contribution >= 4 is 12.0 Å². The summed E-state index contributed by atoms with van der Waals surface area (Å²) in [6, 6.07) is 1.21. The van der Waals surface area contributed by atoms with Gasteiger partial charge >= 0.3 is 12.0 Å². The lowest BCUT2D eigenvalue weighted by molar-refractivity contribution is -0.142. The van der Waals surface area contributed by atoms with Crippen molar-refractivity contribution in [1.82, 2.24) is 20.4 Å². The van der Waals surface area contributed by atoms with Crippen molar-refractivity contribution < 1.29 is 14.7 Å². The van der Waals surface area contributed by atoms with Crippen LogP contribution in [0.1, 0.15) is 25.0 Å². The maximum absolute atomic E-state index is 11.7. The molecule has 1 aromatic rings. The van der Waals surface area contributed by atoms with Crippen molar-refractivity contribution in [2.45, 2.75) is 31.8 Å². The van der Waals surface area contributed by atoms with Gasteiger partial charge in [0.25, 0.3) is 0 Å². The Hall–Kier alpha value is -2.05. The predicted octanol–water partition coefficient (Wildman–Crippen LogP) is 0.473. The van der Waals surface area contributed by atoms with Gasteiger partial charge in [-0.1, -0.05) is 6.42 Å². The zero-order valence-electron chi connectivity index (χ0n) is 10.8. The molecule has 3 N–H and O–H groups in total. The van der Waals surface area contributed by atoms with E-state index >= 15 is 0 Å². The molecule has 1 heterocycles. The minimum atomic E-state index is -0.838. The molecule has 1 aliphatic rings. The van der Waals surface area contributed by atoms with E-state index in [1.807, 2.05) is 6.07 Å². The standard InChI is InChI=1S/C12H18N4O3/c1-16-8(5-6-14-16)7-13-12(19)15-10-4-2-3-9(10)11(17)18/h5-6,9-10H,2-4,7H2,1H3,(H,17,18)(H2,13,15,19). The highest BCUT2D eigenvalue weighted by Gasteiger charge is 2.33. The molecule has 0 aliphatic heterocycles. The maximum Gasteiger partial charge on any atom is 0.315 e. The number of carbonyl (C=O) groups is 2. The summed E-state index contributed by atoms with van der Waals surface area (Å²) in [5, 5.41) is 18.5. The lowest BCUT2D eigenvalue weighted by Gasteiger charge is -2.17. The molecule has 1 saturated carbocycles. The Kier molecular flexibility index (Phi) is 4.03. The first-order chi connectivity index (χ1) is 9.08. The third-order valence-electron chi connectivity index (χ3n) is 3.50. The van der Waals surface area contributed by atoms with Gasteiger partial charge in [0.05, 0.1) is 18.2 Å². The fourth-order valence-electron chi connectivity index (χ4n) is 2.39. The van der Waals surface area contributed by atoms with E-state index in [-0.39, 0.29) is 12.1 Å². The van der Waals surface area contributed by atoms with Crippen molar-refractivity contribution in [1.29, 1.82) is 0 Å². The molecule has 0 spiro atoms. The first-order valence-electron chi connectivity index (χ1n) is 6.32. The van der Waals surface area contributed by atoms with E-state index < -0.39 is 11.9 Å². The number of carboxylic acids is 1. The van der Waals surface area contributed by atoms with Gasteiger partial charge in [0, 0.05) is 19.3 Å². The zero-order valence-corrected chi connectivity index (χ0v) is 10.8. The van der Waals surface area contributed by atoms with Crippen molar-refractivity contribution in [2.24, 2.45) is 13.0 Å². The number of aryl methyl sites for hydroxylation is 1. The van der Waals surface area contributed by atoms with Crippen LogP contribution in [0.15, 0.2) is 12.3 Å². The van der Waals surface area contributed by atoms with E-state index in [1.54, 1.807) is 17.9 Å². The quantitative estimate of drug-likeness (QED) is 0.738. The van der Waals surface area contributed by atoms with Crippen LogP contribution in [0.25, 0.3) is 0 Å². The molecule has 0 bridgehead atoms. The number of carbonyl (C=O) groups excluding carboxylic acids is 1. The Morgan fingerprint density at radius 1 is 1.53 bits per heavy atom. The van der Waals surface area contributed by atoms with E-state index in [0.29, 0.717) is 13.0 Å². The molecule has 19 heavy (non-hydrogen) atoms. The normalized spacial score (nSPS) is 22.2. The van der Waals surface area contributed by atoms with Gasteiger partial charge in [-0.2, -0.15) is 5.10 Å². The highest BCUT2D eigenvalue weighted by atomic mass is 16.4. The molecule has 2 unspecified atom stereocenters. The average Bonchev–Trinajstić information content (AvgIpc) is 2.95. The molecule has 1 aliphatic carbocycles. The van der Waals surface area contributed by atoms with E-state index in [9.17, 15) is 9.59 Å². The van der Waals surface area contributed by atoms with E-state index in [1.165, 1.54) is 0 Å². The summed E-state index contributed by atoms with van der Waals surface area (Å²) in [6.07, 6.45) is 3.84. The number of rotatable bonds is 4. The number of nitrogens with one attached hydrogen (secondary N) is 2. The second-order valence-electron chi connectivity index (χ2n) is 4.76. The highest BCUT2D eigenvalue weighted by molar-refractivity contribution is 5.76. The topological polar surface area (TPSA) is 96.3 Å². The Morgan fingerprint density at radius 2 is 2.32 bits per heavy atom. The van der Waals surface area contributed by atoms with E-state index in [0.717, 1.165) is 18.5 Å². The monoisotopic (exact) mass is 266 g/mol. The van der Waals surface area contributed by atoms with Crippen molar-refractivity contribution in [2.75, 3.05) is 0 Å². The van der Waals surface area contributed by atoms with Gasteiger partial charge in [-0.3, -0.25) is 9.48 Å². The van der Waals surface area contributed by atoms with Crippen LogP contribution >= 0.6 is 0 Å². The number of nitrogens with zero attached hydrogens (tertiary/aromatic N) is 2. The zero-order chi connectivity index (χ0) is 13.8. The lowest BCUT2D eigenvalue weighted by Crippen LogP contribution is -2.45. The Morgan fingerprint density at radius 3 is 2.95 bits per heavy atom. The van der Waals surface area contributed by atoms with Crippen LogP contribution in [0.5, 0.6) is 0 Å². The summed E-state index contributed by atoms with van der Waals surface area (Å²) in [5.41, 5.74) is 0.886. The minimum absolute atomic E-state index is 0.274. The molecule has 7 heteroatoms. The summed E-state index contributed by atoms with van der Waals surface area (Å²) in [6.45, 7) is 0.368. The summed E-state index contributed by atoms with van der Waals surface area (Å²) in [5.74, 6) is -1.31. The van der Waals surface area contributed by atoms with Gasteiger partial charge in [-0.05, 0) is 18.9 Å². The van der Waals surface area contributed by atoms with Crippen molar-refractivity contribution in [3.05, 3.63) is 18.0 Å². The predicted molar refractivity (Wildman–Crippen MR) is 67.3 cm³/mol. The van der Waals surface area contributed by atoms with Crippen LogP contribution in [-0.4, -0.2) is 32.9 Å². The van der Waals surface area contributed by atoms with Crippen LogP contribution < -0.4 is 10.6 Å². The number of amides is 2. The molecule has 2 amide bonds. The van der Waals surface area contributed by atoms with E-state index in [2.05, 4.69) is 15.7 Å². The van der Waals surface area contributed by atoms with Crippen molar-refractivity contribution in [3.8, 4) is 0 Å². The first kappa shape index (κ1) is 13.4. The van der Waals surface area contributed by atoms with Crippen LogP contribution in [0.3, 0.4) is 0 Å². The summed E-state index contributed by atoms with van der Waals surface area (Å²) in [7, 11) is 1.80. The largest absolute Gasteiger partial charge is 0.481 e. The lowest BCUT2D eigenvalue weighted by atomic mass is 10.0. The summed E-state index contributed by atoms with van der Waals surface area (Å²) in [4.78, 5) is 22.7. The van der Waals surface area contributed by atoms with Crippen LogP contribution in [0.4, 0.5) is 4.79 Å². The van der Waals surface area contributed by atoms with Gasteiger partial charge in [0.15, 0.2) is 0 Å². The molecule has 2 atom stereocenters. The SMILES string of the molecule is Cn1nccc1CNC(=O)NC1CCCC1C(=O)O. The average molecular weight is 266 g/mol. The fourth-order valence-corrected chi connectivity index (χ4v) is 2.39. The van der Waals surface area contributed by atoms with Crippen molar-refractivity contribution in [3.63, 3.8) is 0 Å². The molecular formula is C12H18N4O3. The summed E-state index contributed by atoms with van der Waals surface area (Å²) >= 11 is 0. The molecular weight excluding hydrogens is 248 g/mol. The van der Waals surface area contributed by atoms with Crippen LogP contribution in [-0.2, 0) is 18.4 Å². The molecule has 0 radical (unpaired) electrons. The number of aromatic nitrogens is 2. The maximum atomic E-state index is 11.7. The van der Waals surface area contributed by atoms with Gasteiger partial charge in [0.2, 0.25) is 0 Å².